The third-order valence-corrected chi connectivity index (χ3v) is 3.43. The van der Waals surface area contributed by atoms with Gasteiger partial charge in [0.2, 0.25) is 11.6 Å². The third kappa shape index (κ3) is 5.01. The van der Waals surface area contributed by atoms with Crippen molar-refractivity contribution in [1.29, 1.82) is 0 Å². The maximum atomic E-state index is 13.0. The number of carbonyl (C=O) groups is 1. The minimum Gasteiger partial charge on any atom is -0.276 e. The fraction of sp³-hybridized carbons (Fsp3) is 0. The molecule has 0 aliphatic heterocycles. The maximum absolute atomic E-state index is 13.0. The van der Waals surface area contributed by atoms with Crippen LogP contribution in [0.2, 0.25) is 0 Å². The average molecular weight is 429 g/mol. The number of hydrogen-bond acceptors (Lipinski definition) is 8. The number of H-pyrrole nitrogens is 1. The van der Waals surface area contributed by atoms with Crippen LogP contribution >= 0.6 is 11.6 Å². The summed E-state index contributed by atoms with van der Waals surface area (Å²) in [6.45, 7) is 0. The molecule has 0 aliphatic rings. The molecule has 150 valence electrons. The molecule has 1 heterocycles. The van der Waals surface area contributed by atoms with Crippen LogP contribution in [0.4, 0.5) is 20.2 Å². The van der Waals surface area contributed by atoms with Crippen LogP contribution in [0, 0.1) is 31.9 Å². The number of aromatic amines is 1. The van der Waals surface area contributed by atoms with E-state index in [-0.39, 0.29) is 11.3 Å². The molecule has 0 aliphatic carbocycles. The Bertz CT molecular complexity index is 1160. The molecule has 1 aromatic heterocycles. The van der Waals surface area contributed by atoms with Gasteiger partial charge >= 0.3 is 17.1 Å². The van der Waals surface area contributed by atoms with E-state index in [1.54, 1.807) is 0 Å². The number of rotatable bonds is 4. The summed E-state index contributed by atoms with van der Waals surface area (Å²) in [6.07, 6.45) is 0. The van der Waals surface area contributed by atoms with Gasteiger partial charge in [0.25, 0.3) is 5.24 Å². The van der Waals surface area contributed by atoms with E-state index in [4.69, 9.17) is 11.6 Å². The lowest BCUT2D eigenvalue weighted by molar-refractivity contribution is -0.387. The highest BCUT2D eigenvalue weighted by Gasteiger charge is 2.17. The van der Waals surface area contributed by atoms with Crippen molar-refractivity contribution in [3.05, 3.63) is 84.3 Å². The van der Waals surface area contributed by atoms with Crippen LogP contribution in [0.1, 0.15) is 10.4 Å². The molecule has 0 atom stereocenters. The van der Waals surface area contributed by atoms with E-state index >= 15 is 0 Å². The van der Waals surface area contributed by atoms with E-state index in [1.165, 1.54) is 6.07 Å². The number of benzene rings is 2. The average Bonchev–Trinajstić information content (AvgIpc) is 3.08. The number of nitrogens with one attached hydrogen (secondary N) is 1. The molecular formula is C14H7ClF2N6O6. The van der Waals surface area contributed by atoms with Crippen LogP contribution in [0.15, 0.2) is 41.2 Å². The summed E-state index contributed by atoms with van der Waals surface area (Å²) < 4.78 is 26.5. The maximum Gasteiger partial charge on any atom is 0.365 e. The fourth-order valence-corrected chi connectivity index (χ4v) is 2.03. The zero-order valence-electron chi connectivity index (χ0n) is 13.8. The molecule has 0 unspecified atom stereocenters. The molecular weight excluding hydrogens is 422 g/mol. The van der Waals surface area contributed by atoms with E-state index in [0.717, 1.165) is 35.0 Å². The molecule has 0 bridgehead atoms. The predicted molar refractivity (Wildman–Crippen MR) is 91.8 cm³/mol. The Balaban J connectivity index is 0.000000212. The highest BCUT2D eigenvalue weighted by Crippen LogP contribution is 2.20. The van der Waals surface area contributed by atoms with Crippen molar-refractivity contribution >= 4 is 28.2 Å². The summed E-state index contributed by atoms with van der Waals surface area (Å²) in [6, 6.07) is 5.68. The van der Waals surface area contributed by atoms with Gasteiger partial charge in [-0.15, -0.1) is 0 Å². The standard InChI is InChI=1S/C7H3ClFNO3.C7H4FN5O3/c8-7(11)4-1-2-5(9)6(3-4)10(12)13;8-5-2-1-4(3-6(5)13(15)16)12-7(14)9-10-11-12/h1-3H;1-3H,(H,9,11,14). The van der Waals surface area contributed by atoms with Crippen LogP contribution in [-0.2, 0) is 0 Å². The Kier molecular flexibility index (Phi) is 6.40. The lowest BCUT2D eigenvalue weighted by atomic mass is 10.2. The lowest BCUT2D eigenvalue weighted by Gasteiger charge is -1.98. The van der Waals surface area contributed by atoms with E-state index < -0.39 is 43.8 Å². The topological polar surface area (TPSA) is 167 Å². The summed E-state index contributed by atoms with van der Waals surface area (Å²) in [5, 5.41) is 28.4. The van der Waals surface area contributed by atoms with Gasteiger partial charge in [-0.05, 0) is 46.3 Å². The molecule has 0 radical (unpaired) electrons. The van der Waals surface area contributed by atoms with Gasteiger partial charge in [-0.1, -0.05) is 0 Å². The summed E-state index contributed by atoms with van der Waals surface area (Å²) in [4.78, 5) is 40.5. The molecule has 2 aromatic carbocycles. The van der Waals surface area contributed by atoms with Gasteiger partial charge in [0.15, 0.2) is 0 Å². The summed E-state index contributed by atoms with van der Waals surface area (Å²) in [5.74, 6) is -1.98. The van der Waals surface area contributed by atoms with Gasteiger partial charge < -0.3 is 0 Å². The van der Waals surface area contributed by atoms with Gasteiger partial charge in [-0.2, -0.15) is 13.5 Å². The fourth-order valence-electron chi connectivity index (χ4n) is 1.91. The van der Waals surface area contributed by atoms with Crippen molar-refractivity contribution in [2.45, 2.75) is 0 Å². The number of nitro benzene ring substituents is 2. The monoisotopic (exact) mass is 428 g/mol. The van der Waals surface area contributed by atoms with Crippen LogP contribution < -0.4 is 5.69 Å². The Morgan fingerprint density at radius 1 is 1.03 bits per heavy atom. The number of aromatic nitrogens is 4. The minimum atomic E-state index is -0.994. The smallest absolute Gasteiger partial charge is 0.276 e. The summed E-state index contributed by atoms with van der Waals surface area (Å²) >= 11 is 5.05. The van der Waals surface area contributed by atoms with Gasteiger partial charge in [-0.3, -0.25) is 25.0 Å². The second-order valence-electron chi connectivity index (χ2n) is 5.01. The molecule has 12 nitrogen and oxygen atoms in total. The Hall–Kier alpha value is -4.07. The predicted octanol–water partition coefficient (Wildman–Crippen LogP) is 2.12. The first-order chi connectivity index (χ1) is 13.6. The zero-order chi connectivity index (χ0) is 21.7. The van der Waals surface area contributed by atoms with Crippen molar-refractivity contribution in [2.24, 2.45) is 0 Å². The van der Waals surface area contributed by atoms with Gasteiger partial charge in [0.05, 0.1) is 15.5 Å². The molecule has 0 fully saturated rings. The van der Waals surface area contributed by atoms with Crippen molar-refractivity contribution in [3.8, 4) is 5.69 Å². The van der Waals surface area contributed by atoms with Crippen LogP contribution in [0.5, 0.6) is 0 Å². The number of carbonyl (C=O) groups excluding carboxylic acids is 1. The molecule has 0 saturated heterocycles. The van der Waals surface area contributed by atoms with Crippen molar-refractivity contribution in [3.63, 3.8) is 0 Å². The number of halogens is 3. The zero-order valence-corrected chi connectivity index (χ0v) is 14.5. The molecule has 0 spiro atoms. The highest BCUT2D eigenvalue weighted by molar-refractivity contribution is 6.67. The molecule has 0 amide bonds. The Morgan fingerprint density at radius 3 is 2.07 bits per heavy atom. The second kappa shape index (κ2) is 8.75. The van der Waals surface area contributed by atoms with E-state index in [1.807, 2.05) is 5.10 Å². The molecule has 3 rings (SSSR count). The molecule has 3 aromatic rings. The van der Waals surface area contributed by atoms with Crippen LogP contribution in [-0.4, -0.2) is 35.3 Å². The minimum absolute atomic E-state index is 0.0619. The van der Waals surface area contributed by atoms with Gasteiger partial charge in [0.1, 0.15) is 0 Å². The van der Waals surface area contributed by atoms with Crippen molar-refractivity contribution in [2.75, 3.05) is 0 Å². The van der Waals surface area contributed by atoms with Crippen LogP contribution in [0.25, 0.3) is 5.69 Å². The first kappa shape index (κ1) is 21.2. The lowest BCUT2D eigenvalue weighted by Crippen LogP contribution is -2.16. The van der Waals surface area contributed by atoms with Crippen LogP contribution in [0.3, 0.4) is 0 Å². The number of hydrogen-bond donors (Lipinski definition) is 1. The number of tetrazole rings is 1. The van der Waals surface area contributed by atoms with Gasteiger partial charge in [0, 0.05) is 17.7 Å². The highest BCUT2D eigenvalue weighted by atomic mass is 35.5. The quantitative estimate of drug-likeness (QED) is 0.374. The SMILES string of the molecule is O=C(Cl)c1ccc(F)c([N+](=O)[O-])c1.O=c1[nH]nnn1-c1ccc(F)c([N+](=O)[O-])c1. The first-order valence-corrected chi connectivity index (χ1v) is 7.58. The number of nitrogens with zero attached hydrogens (tertiary/aromatic N) is 5. The molecule has 15 heteroatoms. The largest absolute Gasteiger partial charge is 0.365 e. The van der Waals surface area contributed by atoms with Gasteiger partial charge in [-0.25, -0.2) is 9.89 Å². The summed E-state index contributed by atoms with van der Waals surface area (Å²) in [5.41, 5.74) is -2.19. The Labute approximate surface area is 162 Å². The van der Waals surface area contributed by atoms with E-state index in [9.17, 15) is 38.6 Å². The molecule has 0 saturated carbocycles. The van der Waals surface area contributed by atoms with Crippen molar-refractivity contribution < 1.29 is 23.4 Å². The summed E-state index contributed by atoms with van der Waals surface area (Å²) in [7, 11) is 0. The normalized spacial score (nSPS) is 10.0. The number of nitro groups is 2. The van der Waals surface area contributed by atoms with Crippen molar-refractivity contribution in [1.82, 2.24) is 20.2 Å². The molecule has 29 heavy (non-hydrogen) atoms. The second-order valence-corrected chi connectivity index (χ2v) is 5.35. The van der Waals surface area contributed by atoms with E-state index in [0.29, 0.717) is 0 Å². The Morgan fingerprint density at radius 2 is 1.59 bits per heavy atom. The third-order valence-electron chi connectivity index (χ3n) is 3.21. The molecule has 1 N–H and O–H groups in total. The first-order valence-electron chi connectivity index (χ1n) is 7.20. The van der Waals surface area contributed by atoms with E-state index in [2.05, 4.69) is 10.4 Å².